The molecule has 11 heteroatoms. The Morgan fingerprint density at radius 2 is 2.15 bits per heavy atom. The second kappa shape index (κ2) is 8.31. The summed E-state index contributed by atoms with van der Waals surface area (Å²) in [5.74, 6) is -0.218. The largest absolute Gasteiger partial charge is 0.495 e. The number of nitrogens with zero attached hydrogens (tertiary/aromatic N) is 1. The maximum atomic E-state index is 12.5. The van der Waals surface area contributed by atoms with Crippen LogP contribution in [0.5, 0.6) is 5.75 Å². The first kappa shape index (κ1) is 20.6. The highest BCUT2D eigenvalue weighted by atomic mass is 35.5. The van der Waals surface area contributed by atoms with Gasteiger partial charge in [0, 0.05) is 23.7 Å². The number of anilines is 1. The van der Waals surface area contributed by atoms with E-state index in [0.29, 0.717) is 10.7 Å². The van der Waals surface area contributed by atoms with Crippen molar-refractivity contribution in [2.24, 2.45) is 5.73 Å². The minimum atomic E-state index is -3.72. The number of amides is 1. The topological polar surface area (TPSA) is 123 Å². The third kappa shape index (κ3) is 4.71. The molecule has 0 aliphatic heterocycles. The van der Waals surface area contributed by atoms with Gasteiger partial charge in [-0.2, -0.15) is 0 Å². The molecule has 1 aromatic heterocycles. The van der Waals surface area contributed by atoms with E-state index in [4.69, 9.17) is 10.5 Å². The van der Waals surface area contributed by atoms with Gasteiger partial charge in [0.1, 0.15) is 21.3 Å². The molecule has 2 aromatic rings. The highest BCUT2D eigenvalue weighted by molar-refractivity contribution is 7.89. The van der Waals surface area contributed by atoms with Crippen molar-refractivity contribution >= 4 is 45.4 Å². The van der Waals surface area contributed by atoms with Gasteiger partial charge in [-0.25, -0.2) is 18.1 Å². The molecule has 8 nitrogen and oxygen atoms in total. The summed E-state index contributed by atoms with van der Waals surface area (Å²) in [6.07, 6.45) is 1.65. The van der Waals surface area contributed by atoms with E-state index < -0.39 is 15.9 Å². The molecule has 0 radical (unpaired) electrons. The number of sulfonamides is 1. The Balaban J connectivity index is 0.00000243. The van der Waals surface area contributed by atoms with Crippen molar-refractivity contribution in [3.05, 3.63) is 34.3 Å². The molecule has 0 bridgehead atoms. The maximum Gasteiger partial charge on any atom is 0.275 e. The van der Waals surface area contributed by atoms with Crippen LogP contribution in [0.4, 0.5) is 5.69 Å². The Morgan fingerprint density at radius 3 is 2.73 bits per heavy atom. The van der Waals surface area contributed by atoms with Crippen molar-refractivity contribution < 1.29 is 17.9 Å². The number of thiazole rings is 1. The van der Waals surface area contributed by atoms with Crippen LogP contribution in [0.15, 0.2) is 28.5 Å². The van der Waals surface area contributed by atoms with Crippen LogP contribution in [0.3, 0.4) is 0 Å². The molecule has 142 valence electrons. The van der Waals surface area contributed by atoms with Gasteiger partial charge in [0.05, 0.1) is 7.11 Å². The Kier molecular flexibility index (Phi) is 6.58. The average Bonchev–Trinajstić information content (AvgIpc) is 3.26. The van der Waals surface area contributed by atoms with Gasteiger partial charge in [0.25, 0.3) is 5.91 Å². The molecule has 4 N–H and O–H groups in total. The lowest BCUT2D eigenvalue weighted by Crippen LogP contribution is -2.26. The molecule has 1 aliphatic rings. The third-order valence-electron chi connectivity index (χ3n) is 3.57. The number of rotatable bonds is 7. The zero-order valence-corrected chi connectivity index (χ0v) is 16.3. The van der Waals surface area contributed by atoms with Gasteiger partial charge in [0.2, 0.25) is 10.0 Å². The number of benzene rings is 1. The van der Waals surface area contributed by atoms with Crippen LogP contribution in [-0.2, 0) is 16.6 Å². The van der Waals surface area contributed by atoms with E-state index in [1.54, 1.807) is 11.4 Å². The predicted molar refractivity (Wildman–Crippen MR) is 102 cm³/mol. The first-order valence-corrected chi connectivity index (χ1v) is 9.95. The van der Waals surface area contributed by atoms with Crippen LogP contribution in [0.25, 0.3) is 0 Å². The quantitative estimate of drug-likeness (QED) is 0.629. The number of aromatic nitrogens is 1. The molecule has 0 unspecified atom stereocenters. The molecule has 26 heavy (non-hydrogen) atoms. The van der Waals surface area contributed by atoms with E-state index in [-0.39, 0.29) is 41.3 Å². The highest BCUT2D eigenvalue weighted by Gasteiger charge is 2.30. The van der Waals surface area contributed by atoms with Gasteiger partial charge in [-0.15, -0.1) is 23.7 Å². The van der Waals surface area contributed by atoms with Crippen LogP contribution in [0.2, 0.25) is 0 Å². The smallest absolute Gasteiger partial charge is 0.275 e. The number of nitrogens with one attached hydrogen (secondary N) is 2. The first-order chi connectivity index (χ1) is 11.9. The Hall–Kier alpha value is -1.72. The number of carbonyl (C=O) groups excluding carboxylic acids is 1. The van der Waals surface area contributed by atoms with E-state index in [9.17, 15) is 13.2 Å². The SMILES string of the molecule is COc1ccc(NC(=O)c2csc(CN)n2)cc1S(=O)(=O)NC1CC1.Cl. The van der Waals surface area contributed by atoms with E-state index in [1.807, 2.05) is 0 Å². The van der Waals surface area contributed by atoms with Crippen molar-refractivity contribution in [3.63, 3.8) is 0 Å². The maximum absolute atomic E-state index is 12.5. The van der Waals surface area contributed by atoms with Crippen molar-refractivity contribution in [1.82, 2.24) is 9.71 Å². The number of carbonyl (C=O) groups is 1. The minimum Gasteiger partial charge on any atom is -0.495 e. The first-order valence-electron chi connectivity index (χ1n) is 7.59. The summed E-state index contributed by atoms with van der Waals surface area (Å²) >= 11 is 1.29. The van der Waals surface area contributed by atoms with Crippen molar-refractivity contribution in [3.8, 4) is 5.75 Å². The standard InChI is InChI=1S/C15H18N4O4S2.ClH/c1-23-12-5-4-10(6-13(12)25(21,22)19-9-2-3-9)17-15(20)11-8-24-14(7-16)18-11;/h4-6,8-9,19H,2-3,7,16H2,1H3,(H,17,20);1H. The van der Waals surface area contributed by atoms with Crippen LogP contribution in [0.1, 0.15) is 28.3 Å². The molecule has 1 saturated carbocycles. The minimum absolute atomic E-state index is 0. The van der Waals surface area contributed by atoms with Crippen molar-refractivity contribution in [1.29, 1.82) is 0 Å². The summed E-state index contributed by atoms with van der Waals surface area (Å²) in [5, 5.41) is 4.90. The summed E-state index contributed by atoms with van der Waals surface area (Å²) in [4.78, 5) is 16.3. The summed E-state index contributed by atoms with van der Waals surface area (Å²) in [5.41, 5.74) is 6.06. The van der Waals surface area contributed by atoms with E-state index in [1.165, 1.54) is 30.6 Å². The van der Waals surface area contributed by atoms with Gasteiger partial charge in [0.15, 0.2) is 0 Å². The van der Waals surface area contributed by atoms with Crippen molar-refractivity contribution in [2.75, 3.05) is 12.4 Å². The summed E-state index contributed by atoms with van der Waals surface area (Å²) < 4.78 is 32.7. The number of ether oxygens (including phenoxy) is 1. The fraction of sp³-hybridized carbons (Fsp3) is 0.333. The second-order valence-electron chi connectivity index (χ2n) is 5.55. The molecule has 1 amide bonds. The highest BCUT2D eigenvalue weighted by Crippen LogP contribution is 2.30. The Bertz CT molecular complexity index is 897. The number of halogens is 1. The van der Waals surface area contributed by atoms with E-state index >= 15 is 0 Å². The number of hydrogen-bond donors (Lipinski definition) is 3. The lowest BCUT2D eigenvalue weighted by Gasteiger charge is -2.12. The molecular weight excluding hydrogens is 400 g/mol. The molecule has 0 saturated heterocycles. The van der Waals surface area contributed by atoms with E-state index in [2.05, 4.69) is 15.0 Å². The molecular formula is C15H19ClN4O4S2. The average molecular weight is 419 g/mol. The normalized spacial score (nSPS) is 13.8. The summed E-state index contributed by atoms with van der Waals surface area (Å²) in [7, 11) is -2.32. The molecule has 3 rings (SSSR count). The monoisotopic (exact) mass is 418 g/mol. The van der Waals surface area contributed by atoms with Crippen LogP contribution < -0.4 is 20.5 Å². The lowest BCUT2D eigenvalue weighted by atomic mass is 10.3. The van der Waals surface area contributed by atoms with Crippen LogP contribution in [-0.4, -0.2) is 32.5 Å². The van der Waals surface area contributed by atoms with E-state index in [0.717, 1.165) is 12.8 Å². The molecule has 0 spiro atoms. The lowest BCUT2D eigenvalue weighted by molar-refractivity contribution is 0.102. The molecule has 1 aliphatic carbocycles. The van der Waals surface area contributed by atoms with Gasteiger partial charge in [-0.05, 0) is 31.0 Å². The third-order valence-corrected chi connectivity index (χ3v) is 5.98. The van der Waals surface area contributed by atoms with Gasteiger partial charge in [-0.1, -0.05) is 0 Å². The van der Waals surface area contributed by atoms with Crippen LogP contribution >= 0.6 is 23.7 Å². The number of nitrogens with two attached hydrogens (primary N) is 1. The van der Waals surface area contributed by atoms with Gasteiger partial charge < -0.3 is 15.8 Å². The Labute approximate surface area is 161 Å². The molecule has 1 fully saturated rings. The second-order valence-corrected chi connectivity index (χ2v) is 8.17. The zero-order chi connectivity index (χ0) is 18.0. The summed E-state index contributed by atoms with van der Waals surface area (Å²) in [6.45, 7) is 0.260. The molecule has 1 heterocycles. The molecule has 0 atom stereocenters. The summed E-state index contributed by atoms with van der Waals surface area (Å²) in [6, 6.07) is 4.42. The Morgan fingerprint density at radius 1 is 1.42 bits per heavy atom. The van der Waals surface area contributed by atoms with Crippen molar-refractivity contribution in [2.45, 2.75) is 30.3 Å². The van der Waals surface area contributed by atoms with Gasteiger partial charge >= 0.3 is 0 Å². The van der Waals surface area contributed by atoms with Gasteiger partial charge in [-0.3, -0.25) is 4.79 Å². The number of methoxy groups -OCH3 is 1. The fourth-order valence-corrected chi connectivity index (χ4v) is 4.31. The van der Waals surface area contributed by atoms with Crippen LogP contribution in [0, 0.1) is 0 Å². The zero-order valence-electron chi connectivity index (χ0n) is 13.9. The fourth-order valence-electron chi connectivity index (χ4n) is 2.15. The molecule has 1 aromatic carbocycles. The number of hydrogen-bond acceptors (Lipinski definition) is 7. The predicted octanol–water partition coefficient (Wildman–Crippen LogP) is 1.73.